The first-order valence-corrected chi connectivity index (χ1v) is 9.97. The maximum Gasteiger partial charge on any atom is 0.451 e. The first-order valence-electron chi connectivity index (χ1n) is 8.10. The van der Waals surface area contributed by atoms with Crippen LogP contribution in [0.15, 0.2) is 46.0 Å². The van der Waals surface area contributed by atoms with E-state index in [9.17, 15) is 18.0 Å². The second-order valence-electron chi connectivity index (χ2n) is 5.96. The number of amides is 1. The van der Waals surface area contributed by atoms with E-state index < -0.39 is 17.9 Å². The minimum Gasteiger partial charge on any atom is -0.319 e. The number of hydrogen-bond donors (Lipinski definition) is 0. The van der Waals surface area contributed by atoms with Gasteiger partial charge in [-0.3, -0.25) is 4.79 Å². The average Bonchev–Trinajstić information content (AvgIpc) is 3.21. The summed E-state index contributed by atoms with van der Waals surface area (Å²) in [5, 5.41) is 8.46. The van der Waals surface area contributed by atoms with Crippen LogP contribution in [-0.2, 0) is 24.6 Å². The van der Waals surface area contributed by atoms with Crippen molar-refractivity contribution >= 4 is 29.0 Å². The molecule has 0 aliphatic carbocycles. The van der Waals surface area contributed by atoms with Crippen LogP contribution in [-0.4, -0.2) is 31.0 Å². The molecule has 148 valence electrons. The second kappa shape index (κ2) is 8.31. The summed E-state index contributed by atoms with van der Waals surface area (Å²) in [7, 11) is 1.21. The number of halogens is 3. The average molecular weight is 427 g/mol. The molecule has 3 aromatic rings. The quantitative estimate of drug-likeness (QED) is 0.587. The number of thioether (sulfide) groups is 1. The number of hydrogen-bond acceptors (Lipinski definition) is 5. The molecule has 2 heterocycles. The van der Waals surface area contributed by atoms with Gasteiger partial charge in [0.15, 0.2) is 9.96 Å². The molecule has 0 radical (unpaired) electrons. The molecule has 0 bridgehead atoms. The normalized spacial score (nSPS) is 12.5. The second-order valence-corrected chi connectivity index (χ2v) is 7.77. The molecular formula is C17H16F3N5OS2. The van der Waals surface area contributed by atoms with Crippen molar-refractivity contribution in [3.05, 3.63) is 57.6 Å². The third-order valence-electron chi connectivity index (χ3n) is 3.77. The molecule has 0 aliphatic heterocycles. The summed E-state index contributed by atoms with van der Waals surface area (Å²) in [5.74, 6) is -1.69. The summed E-state index contributed by atoms with van der Waals surface area (Å²) in [6, 6.07) is 8.04. The predicted octanol–water partition coefficient (Wildman–Crippen LogP) is 3.27. The molecular weight excluding hydrogens is 411 g/mol. The molecule has 1 aromatic carbocycles. The molecule has 28 heavy (non-hydrogen) atoms. The van der Waals surface area contributed by atoms with Crippen LogP contribution < -0.4 is 4.80 Å². The molecule has 3 rings (SSSR count). The first kappa shape index (κ1) is 20.3. The molecule has 0 aliphatic rings. The maximum absolute atomic E-state index is 12.7. The van der Waals surface area contributed by atoms with Crippen LogP contribution in [0.2, 0.25) is 0 Å². The number of benzene rings is 1. The SMILES string of the molecule is Cc1ccc(Cn2ccsc2=NC(=O)CSc2nnc(C(F)(F)F)n2C)cc1. The maximum atomic E-state index is 12.7. The van der Waals surface area contributed by atoms with Gasteiger partial charge in [0.2, 0.25) is 5.82 Å². The van der Waals surface area contributed by atoms with E-state index in [2.05, 4.69) is 15.2 Å². The lowest BCUT2D eigenvalue weighted by Gasteiger charge is -2.05. The van der Waals surface area contributed by atoms with Crippen molar-refractivity contribution < 1.29 is 18.0 Å². The monoisotopic (exact) mass is 427 g/mol. The van der Waals surface area contributed by atoms with Gasteiger partial charge in [-0.25, -0.2) is 0 Å². The van der Waals surface area contributed by atoms with E-state index in [0.717, 1.165) is 27.5 Å². The highest BCUT2D eigenvalue weighted by Gasteiger charge is 2.37. The molecule has 1 amide bonds. The Labute approximate surface area is 166 Å². The summed E-state index contributed by atoms with van der Waals surface area (Å²) in [6.45, 7) is 2.58. The fraction of sp³-hybridized carbons (Fsp3) is 0.294. The Morgan fingerprint density at radius 3 is 2.61 bits per heavy atom. The Balaban J connectivity index is 1.68. The highest BCUT2D eigenvalue weighted by molar-refractivity contribution is 7.99. The van der Waals surface area contributed by atoms with E-state index in [0.29, 0.717) is 11.3 Å². The van der Waals surface area contributed by atoms with Crippen molar-refractivity contribution in [2.24, 2.45) is 12.0 Å². The van der Waals surface area contributed by atoms with Crippen LogP contribution in [0.25, 0.3) is 0 Å². The highest BCUT2D eigenvalue weighted by atomic mass is 32.2. The van der Waals surface area contributed by atoms with Crippen molar-refractivity contribution in [1.82, 2.24) is 19.3 Å². The Morgan fingerprint density at radius 1 is 1.25 bits per heavy atom. The zero-order valence-corrected chi connectivity index (χ0v) is 16.6. The number of nitrogens with zero attached hydrogens (tertiary/aromatic N) is 5. The van der Waals surface area contributed by atoms with Crippen molar-refractivity contribution in [2.75, 3.05) is 5.75 Å². The topological polar surface area (TPSA) is 65.1 Å². The summed E-state index contributed by atoms with van der Waals surface area (Å²) in [5.41, 5.74) is 2.24. The molecule has 0 unspecified atom stereocenters. The summed E-state index contributed by atoms with van der Waals surface area (Å²) in [6.07, 6.45) is -2.75. The Kier molecular flexibility index (Phi) is 6.04. The number of rotatable bonds is 5. The van der Waals surface area contributed by atoms with E-state index in [1.54, 1.807) is 0 Å². The van der Waals surface area contributed by atoms with Crippen LogP contribution in [0.1, 0.15) is 17.0 Å². The zero-order valence-electron chi connectivity index (χ0n) is 15.0. The van der Waals surface area contributed by atoms with Gasteiger partial charge in [0.05, 0.1) is 5.75 Å². The molecule has 2 aromatic heterocycles. The first-order chi connectivity index (χ1) is 13.2. The Hall–Kier alpha value is -2.40. The van der Waals surface area contributed by atoms with Crippen molar-refractivity contribution in [3.63, 3.8) is 0 Å². The lowest BCUT2D eigenvalue weighted by atomic mass is 10.1. The largest absolute Gasteiger partial charge is 0.451 e. The minimum absolute atomic E-state index is 0.00888. The summed E-state index contributed by atoms with van der Waals surface area (Å²) < 4.78 is 40.9. The van der Waals surface area contributed by atoms with Gasteiger partial charge in [0.25, 0.3) is 5.91 Å². The Morgan fingerprint density at radius 2 is 1.96 bits per heavy atom. The van der Waals surface area contributed by atoms with Gasteiger partial charge in [-0.15, -0.1) is 21.5 Å². The Bertz CT molecular complexity index is 1030. The summed E-state index contributed by atoms with van der Waals surface area (Å²) in [4.78, 5) is 16.8. The van der Waals surface area contributed by atoms with Crippen LogP contribution in [0.5, 0.6) is 0 Å². The fourth-order valence-electron chi connectivity index (χ4n) is 2.35. The fourth-order valence-corrected chi connectivity index (χ4v) is 3.79. The van der Waals surface area contributed by atoms with Gasteiger partial charge in [0.1, 0.15) is 0 Å². The van der Waals surface area contributed by atoms with E-state index >= 15 is 0 Å². The van der Waals surface area contributed by atoms with E-state index in [1.165, 1.54) is 18.4 Å². The molecule has 0 saturated carbocycles. The molecule has 11 heteroatoms. The number of aryl methyl sites for hydroxylation is 1. The molecule has 0 atom stereocenters. The lowest BCUT2D eigenvalue weighted by molar-refractivity contribution is -0.147. The summed E-state index contributed by atoms with van der Waals surface area (Å²) >= 11 is 2.18. The smallest absolute Gasteiger partial charge is 0.319 e. The van der Waals surface area contributed by atoms with Crippen LogP contribution in [0.3, 0.4) is 0 Å². The zero-order chi connectivity index (χ0) is 20.3. The van der Waals surface area contributed by atoms with Crippen LogP contribution >= 0.6 is 23.1 Å². The molecule has 0 N–H and O–H groups in total. The predicted molar refractivity (Wildman–Crippen MR) is 99.9 cm³/mol. The number of carbonyl (C=O) groups excluding carboxylic acids is 1. The number of alkyl halides is 3. The van der Waals surface area contributed by atoms with Crippen LogP contribution in [0, 0.1) is 6.92 Å². The standard InChI is InChI=1S/C17H16F3N5OS2/c1-11-3-5-12(6-4-11)9-25-7-8-27-15(25)21-13(26)10-28-16-23-22-14(24(16)2)17(18,19)20/h3-8H,9-10H2,1-2H3. The molecule has 6 nitrogen and oxygen atoms in total. The highest BCUT2D eigenvalue weighted by Crippen LogP contribution is 2.29. The van der Waals surface area contributed by atoms with Gasteiger partial charge < -0.3 is 9.13 Å². The number of aromatic nitrogens is 4. The molecule has 0 spiro atoms. The molecule has 0 saturated heterocycles. The van der Waals surface area contributed by atoms with Crippen LogP contribution in [0.4, 0.5) is 13.2 Å². The molecule has 0 fully saturated rings. The van der Waals surface area contributed by atoms with Gasteiger partial charge in [-0.2, -0.15) is 18.2 Å². The lowest BCUT2D eigenvalue weighted by Crippen LogP contribution is -2.17. The van der Waals surface area contributed by atoms with Gasteiger partial charge in [-0.1, -0.05) is 41.6 Å². The van der Waals surface area contributed by atoms with Crippen molar-refractivity contribution in [1.29, 1.82) is 0 Å². The van der Waals surface area contributed by atoms with Gasteiger partial charge in [-0.05, 0) is 12.5 Å². The van der Waals surface area contributed by atoms with E-state index in [1.807, 2.05) is 47.3 Å². The van der Waals surface area contributed by atoms with Crippen molar-refractivity contribution in [2.45, 2.75) is 24.8 Å². The third-order valence-corrected chi connectivity index (χ3v) is 5.57. The van der Waals surface area contributed by atoms with Gasteiger partial charge >= 0.3 is 6.18 Å². The van der Waals surface area contributed by atoms with E-state index in [4.69, 9.17) is 0 Å². The van der Waals surface area contributed by atoms with Gasteiger partial charge in [0, 0.05) is 25.2 Å². The third kappa shape index (κ3) is 4.90. The number of carbonyl (C=O) groups is 1. The minimum atomic E-state index is -4.59. The number of thiazole rings is 1. The van der Waals surface area contributed by atoms with E-state index in [-0.39, 0.29) is 10.9 Å². The van der Waals surface area contributed by atoms with Crippen molar-refractivity contribution in [3.8, 4) is 0 Å².